The Kier molecular flexibility index (Phi) is 15.6. The minimum atomic E-state index is -0.611. The second-order valence-electron chi connectivity index (χ2n) is 2.45. The predicted molar refractivity (Wildman–Crippen MR) is 49.8 cm³/mol. The molecule has 0 aliphatic rings. The summed E-state index contributed by atoms with van der Waals surface area (Å²) in [5, 5.41) is 0. The molecule has 0 saturated heterocycles. The van der Waals surface area contributed by atoms with Gasteiger partial charge in [-0.05, 0) is 0 Å². The highest BCUT2D eigenvalue weighted by Crippen LogP contribution is 1.95. The van der Waals surface area contributed by atoms with E-state index in [1.54, 1.807) is 12.5 Å². The smallest absolute Gasteiger partial charge is 0.0946 e. The van der Waals surface area contributed by atoms with E-state index in [4.69, 9.17) is 0 Å². The summed E-state index contributed by atoms with van der Waals surface area (Å²) in [7, 11) is 0. The van der Waals surface area contributed by atoms with Crippen molar-refractivity contribution in [1.82, 2.24) is 0 Å². The van der Waals surface area contributed by atoms with Crippen molar-refractivity contribution in [2.45, 2.75) is 39.5 Å². The highest BCUT2D eigenvalue weighted by Gasteiger charge is 1.75. The Labute approximate surface area is 68.4 Å². The van der Waals surface area contributed by atoms with Crippen molar-refractivity contribution in [2.24, 2.45) is 0 Å². The standard InChI is InChI=1S/C6H14.C2H6OS/c1-3-5-6-4-2;1-4(2)3/h3-6H2,1-2H3;1-2H3. The monoisotopic (exact) mass is 164 g/mol. The van der Waals surface area contributed by atoms with E-state index in [0.29, 0.717) is 0 Å². The number of rotatable bonds is 3. The Hall–Kier alpha value is 0.310. The van der Waals surface area contributed by atoms with Gasteiger partial charge in [0.2, 0.25) is 0 Å². The molecule has 0 spiro atoms. The van der Waals surface area contributed by atoms with Crippen LogP contribution < -0.4 is 0 Å². The first-order chi connectivity index (χ1) is 4.65. The van der Waals surface area contributed by atoms with Crippen LogP contribution in [0.4, 0.5) is 0 Å². The third kappa shape index (κ3) is 40.5. The summed E-state index contributed by atoms with van der Waals surface area (Å²) >= 11 is -0.611. The quantitative estimate of drug-likeness (QED) is 0.464. The molecule has 64 valence electrons. The summed E-state index contributed by atoms with van der Waals surface area (Å²) in [5.41, 5.74) is 0. The highest BCUT2D eigenvalue weighted by atomic mass is 32.2. The Morgan fingerprint density at radius 2 is 1.20 bits per heavy atom. The van der Waals surface area contributed by atoms with E-state index in [2.05, 4.69) is 13.8 Å². The van der Waals surface area contributed by atoms with E-state index < -0.39 is 11.2 Å². The summed E-state index contributed by atoms with van der Waals surface area (Å²) in [6.45, 7) is 4.46. The van der Waals surface area contributed by atoms with Gasteiger partial charge >= 0.3 is 0 Å². The van der Waals surface area contributed by atoms with Crippen molar-refractivity contribution in [2.75, 3.05) is 12.5 Å². The first-order valence-corrected chi connectivity index (χ1v) is 5.86. The lowest BCUT2D eigenvalue weighted by molar-refractivity contribution is 0.606. The van der Waals surface area contributed by atoms with Crippen LogP contribution in [0.3, 0.4) is 0 Å². The molecule has 10 heavy (non-hydrogen) atoms. The van der Waals surface area contributed by atoms with Gasteiger partial charge in [-0.25, -0.2) is 0 Å². The molecule has 0 aromatic heterocycles. The van der Waals surface area contributed by atoms with Gasteiger partial charge in [-0.3, -0.25) is 0 Å². The summed E-state index contributed by atoms with van der Waals surface area (Å²) < 4.78 is 9.56. The molecule has 0 fully saturated rings. The van der Waals surface area contributed by atoms with Crippen molar-refractivity contribution < 1.29 is 4.55 Å². The third-order valence-corrected chi connectivity index (χ3v) is 0.957. The van der Waals surface area contributed by atoms with Gasteiger partial charge in [-0.1, -0.05) is 50.7 Å². The van der Waals surface area contributed by atoms with Gasteiger partial charge < -0.3 is 4.55 Å². The zero-order valence-electron chi connectivity index (χ0n) is 7.64. The van der Waals surface area contributed by atoms with Gasteiger partial charge in [0.15, 0.2) is 0 Å². The van der Waals surface area contributed by atoms with Crippen LogP contribution in [0.2, 0.25) is 0 Å². The van der Waals surface area contributed by atoms with Gasteiger partial charge in [0, 0.05) is 0 Å². The number of hydrogen-bond acceptors (Lipinski definition) is 1. The van der Waals surface area contributed by atoms with Crippen molar-refractivity contribution in [3.05, 3.63) is 0 Å². The Bertz CT molecular complexity index is 39.8. The lowest BCUT2D eigenvalue weighted by atomic mass is 10.2. The van der Waals surface area contributed by atoms with Crippen LogP contribution >= 0.6 is 0 Å². The molecule has 0 aliphatic heterocycles. The fourth-order valence-electron chi connectivity index (χ4n) is 0.500. The van der Waals surface area contributed by atoms with Gasteiger partial charge in [0.1, 0.15) is 0 Å². The van der Waals surface area contributed by atoms with E-state index in [1.165, 1.54) is 25.7 Å². The molecule has 0 atom stereocenters. The number of hydrogen-bond donors (Lipinski definition) is 0. The van der Waals surface area contributed by atoms with Crippen LogP contribution in [-0.4, -0.2) is 17.1 Å². The maximum absolute atomic E-state index is 9.56. The SMILES string of the molecule is CCCCCC.C[S+](C)[O-]. The topological polar surface area (TPSA) is 23.1 Å². The molecule has 0 heterocycles. The maximum Gasteiger partial charge on any atom is 0.0946 e. The molecule has 2 heteroatoms. The minimum absolute atomic E-state index is 0.611. The van der Waals surface area contributed by atoms with Gasteiger partial charge in [-0.2, -0.15) is 0 Å². The van der Waals surface area contributed by atoms with Crippen LogP contribution in [0.5, 0.6) is 0 Å². The van der Waals surface area contributed by atoms with Crippen LogP contribution in [0.1, 0.15) is 39.5 Å². The lowest BCUT2D eigenvalue weighted by Gasteiger charge is -1.87. The molecule has 0 bridgehead atoms. The van der Waals surface area contributed by atoms with E-state index in [1.807, 2.05) is 0 Å². The molecule has 0 rings (SSSR count). The molecule has 1 nitrogen and oxygen atoms in total. The van der Waals surface area contributed by atoms with Crippen molar-refractivity contribution in [3.63, 3.8) is 0 Å². The molecule has 0 aromatic carbocycles. The molecule has 0 aromatic rings. The van der Waals surface area contributed by atoms with Crippen LogP contribution in [0, 0.1) is 0 Å². The van der Waals surface area contributed by atoms with Gasteiger partial charge in [0.25, 0.3) is 0 Å². The fraction of sp³-hybridized carbons (Fsp3) is 1.00. The molecular formula is C8H20OS. The summed E-state index contributed by atoms with van der Waals surface area (Å²) in [6, 6.07) is 0. The minimum Gasteiger partial charge on any atom is -0.617 e. The van der Waals surface area contributed by atoms with Gasteiger partial charge in [0.05, 0.1) is 12.5 Å². The van der Waals surface area contributed by atoms with Crippen molar-refractivity contribution in [3.8, 4) is 0 Å². The molecule has 0 radical (unpaired) electrons. The van der Waals surface area contributed by atoms with E-state index in [9.17, 15) is 4.55 Å². The van der Waals surface area contributed by atoms with Crippen molar-refractivity contribution >= 4 is 11.2 Å². The molecule has 0 N–H and O–H groups in total. The Morgan fingerprint density at radius 1 is 1.00 bits per heavy atom. The highest BCUT2D eigenvalue weighted by molar-refractivity contribution is 7.89. The van der Waals surface area contributed by atoms with Crippen LogP contribution in [0.15, 0.2) is 0 Å². The zero-order chi connectivity index (χ0) is 8.41. The Morgan fingerprint density at radius 3 is 1.30 bits per heavy atom. The van der Waals surface area contributed by atoms with E-state index in [-0.39, 0.29) is 0 Å². The average molecular weight is 164 g/mol. The normalized spacial score (nSPS) is 9.00. The summed E-state index contributed by atoms with van der Waals surface area (Å²) in [5.74, 6) is 0. The average Bonchev–Trinajstić information content (AvgIpc) is 1.82. The van der Waals surface area contributed by atoms with E-state index >= 15 is 0 Å². The first-order valence-electron chi connectivity index (χ1n) is 3.90. The number of unbranched alkanes of at least 4 members (excludes halogenated alkanes) is 3. The molecule has 0 amide bonds. The second kappa shape index (κ2) is 12.0. The zero-order valence-corrected chi connectivity index (χ0v) is 8.46. The predicted octanol–water partition coefficient (Wildman–Crippen LogP) is 2.58. The molecular weight excluding hydrogens is 144 g/mol. The maximum atomic E-state index is 9.56. The molecule has 0 unspecified atom stereocenters. The lowest BCUT2D eigenvalue weighted by Crippen LogP contribution is -1.86. The summed E-state index contributed by atoms with van der Waals surface area (Å²) in [6.07, 6.45) is 8.81. The van der Waals surface area contributed by atoms with Crippen molar-refractivity contribution in [1.29, 1.82) is 0 Å². The fourth-order valence-corrected chi connectivity index (χ4v) is 0.500. The van der Waals surface area contributed by atoms with Crippen LogP contribution in [-0.2, 0) is 11.2 Å². The third-order valence-electron chi connectivity index (χ3n) is 0.957. The van der Waals surface area contributed by atoms with Crippen LogP contribution in [0.25, 0.3) is 0 Å². The molecule has 0 saturated carbocycles. The largest absolute Gasteiger partial charge is 0.617 e. The second-order valence-corrected chi connectivity index (χ2v) is 3.93. The molecule has 0 aliphatic carbocycles. The Balaban J connectivity index is 0. The summed E-state index contributed by atoms with van der Waals surface area (Å²) in [4.78, 5) is 0. The van der Waals surface area contributed by atoms with Gasteiger partial charge in [-0.15, -0.1) is 0 Å². The first kappa shape index (κ1) is 12.9. The van der Waals surface area contributed by atoms with E-state index in [0.717, 1.165) is 0 Å².